The molecule has 10 nitrogen and oxygen atoms in total. The number of rotatable bonds is 6. The lowest BCUT2D eigenvalue weighted by Crippen LogP contribution is -2.35. The molecule has 13 heteroatoms. The molecule has 3 amide bonds. The Kier molecular flexibility index (Phi) is 7.20. The van der Waals surface area contributed by atoms with Crippen LogP contribution >= 0.6 is 22.9 Å². The van der Waals surface area contributed by atoms with E-state index in [0.29, 0.717) is 23.6 Å². The Morgan fingerprint density at radius 3 is 2.36 bits per heavy atom. The van der Waals surface area contributed by atoms with Gasteiger partial charge in [0.2, 0.25) is 0 Å². The quantitative estimate of drug-likeness (QED) is 0.428. The van der Waals surface area contributed by atoms with Gasteiger partial charge in [-0.2, -0.15) is 0 Å². The van der Waals surface area contributed by atoms with Gasteiger partial charge in [-0.15, -0.1) is 11.3 Å². The molecule has 4 N–H and O–H groups in total. The van der Waals surface area contributed by atoms with Gasteiger partial charge in [0.1, 0.15) is 5.00 Å². The fourth-order valence-electron chi connectivity index (χ4n) is 3.73. The van der Waals surface area contributed by atoms with Crippen LogP contribution in [0.1, 0.15) is 31.2 Å². The summed E-state index contributed by atoms with van der Waals surface area (Å²) in [5.74, 6) is -1.19. The molecule has 0 spiro atoms. The first-order valence-electron chi connectivity index (χ1n) is 10.6. The molecule has 4 rings (SSSR count). The van der Waals surface area contributed by atoms with Crippen LogP contribution in [0.4, 0.5) is 15.5 Å². The first-order valence-corrected chi connectivity index (χ1v) is 13.2. The highest BCUT2D eigenvalue weighted by Crippen LogP contribution is 2.37. The summed E-state index contributed by atoms with van der Waals surface area (Å²) < 4.78 is 32.3. The van der Waals surface area contributed by atoms with Crippen LogP contribution in [-0.2, 0) is 27.7 Å². The Morgan fingerprint density at radius 2 is 1.75 bits per heavy atom. The van der Waals surface area contributed by atoms with E-state index in [1.54, 1.807) is 0 Å². The number of benzene rings is 2. The van der Waals surface area contributed by atoms with E-state index in [4.69, 9.17) is 22.1 Å². The zero-order chi connectivity index (χ0) is 26.0. The van der Waals surface area contributed by atoms with E-state index in [9.17, 15) is 22.8 Å². The summed E-state index contributed by atoms with van der Waals surface area (Å²) in [7, 11) is -2.54. The summed E-state index contributed by atoms with van der Waals surface area (Å²) in [6.07, 6.45) is -0.0793. The number of fused-ring (bicyclic) bond motifs is 1. The standard InChI is InChI=1S/C23H21ClN4O6S2/c1-34-23(31)28-11-10-17-18(12-28)35-22(19(17)20(25)29)26-21(30)13-2-6-15(7-3-13)27-36(32,33)16-8-4-14(24)5-9-16/h2-9,27H,10-12H2,1H3,(H2,25,29)(H,26,30). The Hall–Kier alpha value is -3.61. The highest BCUT2D eigenvalue weighted by molar-refractivity contribution is 7.92. The minimum Gasteiger partial charge on any atom is -0.453 e. The molecule has 0 fully saturated rings. The first kappa shape index (κ1) is 25.5. The summed E-state index contributed by atoms with van der Waals surface area (Å²) in [4.78, 5) is 39.2. The van der Waals surface area contributed by atoms with Crippen molar-refractivity contribution in [3.8, 4) is 0 Å². The SMILES string of the molecule is COC(=O)N1CCc2c(sc(NC(=O)c3ccc(NS(=O)(=O)c4ccc(Cl)cc4)cc3)c2C(N)=O)C1. The van der Waals surface area contributed by atoms with Gasteiger partial charge in [0.25, 0.3) is 21.8 Å². The average Bonchev–Trinajstić information content (AvgIpc) is 3.21. The maximum absolute atomic E-state index is 12.9. The van der Waals surface area contributed by atoms with Gasteiger partial charge in [0, 0.05) is 27.7 Å². The number of carbonyl (C=O) groups is 3. The number of anilines is 2. The van der Waals surface area contributed by atoms with Crippen LogP contribution in [0.3, 0.4) is 0 Å². The summed E-state index contributed by atoms with van der Waals surface area (Å²) in [6.45, 7) is 0.600. The molecule has 188 valence electrons. The van der Waals surface area contributed by atoms with Gasteiger partial charge >= 0.3 is 6.09 Å². The summed E-state index contributed by atoms with van der Waals surface area (Å²) in [5.41, 5.74) is 7.01. The van der Waals surface area contributed by atoms with E-state index in [-0.39, 0.29) is 33.3 Å². The van der Waals surface area contributed by atoms with Gasteiger partial charge in [0.05, 0.1) is 24.1 Å². The topological polar surface area (TPSA) is 148 Å². The van der Waals surface area contributed by atoms with Crippen molar-refractivity contribution >= 4 is 61.6 Å². The normalized spacial score (nSPS) is 13.0. The molecule has 2 heterocycles. The lowest BCUT2D eigenvalue weighted by Gasteiger charge is -2.25. The third kappa shape index (κ3) is 5.30. The van der Waals surface area contributed by atoms with Crippen molar-refractivity contribution in [3.05, 3.63) is 75.1 Å². The number of amides is 3. The number of hydrogen-bond acceptors (Lipinski definition) is 7. The van der Waals surface area contributed by atoms with Crippen LogP contribution < -0.4 is 15.8 Å². The summed E-state index contributed by atoms with van der Waals surface area (Å²) in [5, 5.41) is 3.42. The lowest BCUT2D eigenvalue weighted by molar-refractivity contribution is 0.0999. The maximum atomic E-state index is 12.9. The van der Waals surface area contributed by atoms with E-state index < -0.39 is 27.9 Å². The highest BCUT2D eigenvalue weighted by Gasteiger charge is 2.30. The molecule has 1 aliphatic rings. The Bertz CT molecular complexity index is 1440. The van der Waals surface area contributed by atoms with Crippen molar-refractivity contribution < 1.29 is 27.5 Å². The van der Waals surface area contributed by atoms with Crippen molar-refractivity contribution in [3.63, 3.8) is 0 Å². The molecular weight excluding hydrogens is 528 g/mol. The Morgan fingerprint density at radius 1 is 1.08 bits per heavy atom. The zero-order valence-electron chi connectivity index (χ0n) is 18.9. The molecule has 36 heavy (non-hydrogen) atoms. The first-order chi connectivity index (χ1) is 17.1. The smallest absolute Gasteiger partial charge is 0.409 e. The van der Waals surface area contributed by atoms with E-state index in [2.05, 4.69) is 10.0 Å². The van der Waals surface area contributed by atoms with Crippen LogP contribution in [0.2, 0.25) is 5.02 Å². The number of carbonyl (C=O) groups excluding carboxylic acids is 3. The van der Waals surface area contributed by atoms with E-state index in [1.165, 1.54) is 71.9 Å². The number of hydrogen-bond donors (Lipinski definition) is 3. The second-order valence-electron chi connectivity index (χ2n) is 7.80. The van der Waals surface area contributed by atoms with Crippen LogP contribution in [0.25, 0.3) is 0 Å². The van der Waals surface area contributed by atoms with Crippen LogP contribution in [-0.4, -0.2) is 44.9 Å². The van der Waals surface area contributed by atoms with E-state index in [0.717, 1.165) is 4.88 Å². The van der Waals surface area contributed by atoms with Crippen LogP contribution in [0.15, 0.2) is 53.4 Å². The van der Waals surface area contributed by atoms with Gasteiger partial charge in [-0.05, 0) is 60.5 Å². The molecule has 0 saturated heterocycles. The van der Waals surface area contributed by atoms with E-state index >= 15 is 0 Å². The molecule has 3 aromatic rings. The number of thiophene rings is 1. The van der Waals surface area contributed by atoms with Gasteiger partial charge in [0.15, 0.2) is 0 Å². The second-order valence-corrected chi connectivity index (χ2v) is 11.0. The number of halogens is 1. The van der Waals surface area contributed by atoms with Gasteiger partial charge in [-0.25, -0.2) is 13.2 Å². The predicted octanol–water partition coefficient (Wildman–Crippen LogP) is 3.68. The predicted molar refractivity (Wildman–Crippen MR) is 136 cm³/mol. The molecule has 0 saturated carbocycles. The third-order valence-corrected chi connectivity index (χ3v) is 8.27. The Balaban J connectivity index is 1.50. The number of nitrogens with zero attached hydrogens (tertiary/aromatic N) is 1. The molecular formula is C23H21ClN4O6S2. The molecule has 2 aromatic carbocycles. The van der Waals surface area contributed by atoms with Crippen molar-refractivity contribution in [2.75, 3.05) is 23.7 Å². The molecule has 1 aliphatic heterocycles. The lowest BCUT2D eigenvalue weighted by atomic mass is 10.0. The van der Waals surface area contributed by atoms with E-state index in [1.807, 2.05) is 0 Å². The van der Waals surface area contributed by atoms with Crippen molar-refractivity contribution in [2.45, 2.75) is 17.9 Å². The van der Waals surface area contributed by atoms with Crippen molar-refractivity contribution in [1.29, 1.82) is 0 Å². The van der Waals surface area contributed by atoms with Gasteiger partial charge in [-0.1, -0.05) is 11.6 Å². The number of ether oxygens (including phenoxy) is 1. The van der Waals surface area contributed by atoms with Crippen molar-refractivity contribution in [1.82, 2.24) is 4.90 Å². The molecule has 0 radical (unpaired) electrons. The largest absolute Gasteiger partial charge is 0.453 e. The van der Waals surface area contributed by atoms with Gasteiger partial charge < -0.3 is 20.7 Å². The number of sulfonamides is 1. The monoisotopic (exact) mass is 548 g/mol. The molecule has 0 bridgehead atoms. The number of nitrogens with one attached hydrogen (secondary N) is 2. The van der Waals surface area contributed by atoms with Crippen LogP contribution in [0, 0.1) is 0 Å². The number of nitrogens with two attached hydrogens (primary N) is 1. The minimum atomic E-state index is -3.84. The minimum absolute atomic E-state index is 0.0418. The third-order valence-electron chi connectivity index (χ3n) is 5.49. The molecule has 1 aromatic heterocycles. The number of methoxy groups -OCH3 is 1. The Labute approximate surface area is 216 Å². The summed E-state index contributed by atoms with van der Waals surface area (Å²) in [6, 6.07) is 11.5. The average molecular weight is 549 g/mol. The zero-order valence-corrected chi connectivity index (χ0v) is 21.3. The summed E-state index contributed by atoms with van der Waals surface area (Å²) >= 11 is 6.98. The van der Waals surface area contributed by atoms with Gasteiger partial charge in [-0.3, -0.25) is 14.3 Å². The second kappa shape index (κ2) is 10.2. The fourth-order valence-corrected chi connectivity index (χ4v) is 6.18. The van der Waals surface area contributed by atoms with Crippen molar-refractivity contribution in [2.24, 2.45) is 5.73 Å². The molecule has 0 unspecified atom stereocenters. The maximum Gasteiger partial charge on any atom is 0.409 e. The number of primary amides is 1. The molecule has 0 aliphatic carbocycles. The highest BCUT2D eigenvalue weighted by atomic mass is 35.5. The molecule has 0 atom stereocenters. The fraction of sp³-hybridized carbons (Fsp3) is 0.174. The van der Waals surface area contributed by atoms with Crippen LogP contribution in [0.5, 0.6) is 0 Å².